The number of aliphatic hydroxyl groups is 1. The standard InChI is InChI=1S/C36H66O5/c1-3-5-7-9-11-13-15-17-19-21-23-25-27-29-31-36(39)41-34(32-37)33-40-35(38)30-28-26-24-22-20-18-16-14-12-10-8-6-4-2/h14-17,34,37H,3-13,18-33H2,1-2H3/b16-14+,17-15+/t34-/m0/s1. The molecule has 0 unspecified atom stereocenters. The van der Waals surface area contributed by atoms with Crippen molar-refractivity contribution in [2.24, 2.45) is 0 Å². The normalized spacial score (nSPS) is 12.4. The molecule has 0 aliphatic carbocycles. The van der Waals surface area contributed by atoms with Crippen LogP contribution in [0, 0.1) is 0 Å². The van der Waals surface area contributed by atoms with E-state index in [1.807, 2.05) is 0 Å². The summed E-state index contributed by atoms with van der Waals surface area (Å²) in [5, 5.41) is 9.50. The highest BCUT2D eigenvalue weighted by Crippen LogP contribution is 2.12. The van der Waals surface area contributed by atoms with Crippen molar-refractivity contribution in [1.82, 2.24) is 0 Å². The molecule has 0 heterocycles. The molecule has 0 rings (SSSR count). The molecule has 0 spiro atoms. The van der Waals surface area contributed by atoms with Crippen molar-refractivity contribution in [1.29, 1.82) is 0 Å². The predicted molar refractivity (Wildman–Crippen MR) is 173 cm³/mol. The quantitative estimate of drug-likeness (QED) is 0.0503. The van der Waals surface area contributed by atoms with Gasteiger partial charge < -0.3 is 14.6 Å². The Labute approximate surface area is 253 Å². The average molecular weight is 579 g/mol. The zero-order valence-corrected chi connectivity index (χ0v) is 27.1. The summed E-state index contributed by atoms with van der Waals surface area (Å²) in [6, 6.07) is 0. The van der Waals surface area contributed by atoms with Crippen molar-refractivity contribution in [3.8, 4) is 0 Å². The van der Waals surface area contributed by atoms with Gasteiger partial charge >= 0.3 is 11.9 Å². The number of unbranched alkanes of at least 4 members (excludes halogenated alkanes) is 19. The number of ether oxygens (including phenoxy) is 2. The molecule has 1 N–H and O–H groups in total. The molecular weight excluding hydrogens is 512 g/mol. The number of hydrogen-bond donors (Lipinski definition) is 1. The van der Waals surface area contributed by atoms with Crippen molar-refractivity contribution >= 4 is 11.9 Å². The molecule has 0 amide bonds. The number of esters is 2. The predicted octanol–water partition coefficient (Wildman–Crippen LogP) is 10.3. The molecule has 41 heavy (non-hydrogen) atoms. The van der Waals surface area contributed by atoms with Crippen LogP contribution < -0.4 is 0 Å². The molecule has 0 aliphatic rings. The molecule has 0 aliphatic heterocycles. The van der Waals surface area contributed by atoms with Gasteiger partial charge in [0.25, 0.3) is 0 Å². The molecule has 1 atom stereocenters. The van der Waals surface area contributed by atoms with E-state index in [9.17, 15) is 14.7 Å². The van der Waals surface area contributed by atoms with E-state index in [1.54, 1.807) is 0 Å². The molecule has 0 aromatic carbocycles. The molecule has 5 heteroatoms. The zero-order chi connectivity index (χ0) is 30.1. The minimum atomic E-state index is -0.774. The Hall–Kier alpha value is -1.62. The molecule has 5 nitrogen and oxygen atoms in total. The molecule has 0 aromatic heterocycles. The van der Waals surface area contributed by atoms with Gasteiger partial charge in [0.15, 0.2) is 6.10 Å². The van der Waals surface area contributed by atoms with Crippen LogP contribution >= 0.6 is 0 Å². The lowest BCUT2D eigenvalue weighted by Crippen LogP contribution is -2.28. The Morgan fingerprint density at radius 2 is 0.902 bits per heavy atom. The van der Waals surface area contributed by atoms with Gasteiger partial charge in [-0.25, -0.2) is 0 Å². The van der Waals surface area contributed by atoms with Crippen molar-refractivity contribution in [3.63, 3.8) is 0 Å². The molecule has 0 bridgehead atoms. The summed E-state index contributed by atoms with van der Waals surface area (Å²) in [6.07, 6.45) is 36.5. The van der Waals surface area contributed by atoms with E-state index in [4.69, 9.17) is 9.47 Å². The molecule has 0 saturated heterocycles. The molecule has 0 fully saturated rings. The van der Waals surface area contributed by atoms with Crippen molar-refractivity contribution in [2.75, 3.05) is 13.2 Å². The van der Waals surface area contributed by atoms with Crippen molar-refractivity contribution in [3.05, 3.63) is 24.3 Å². The van der Waals surface area contributed by atoms with Gasteiger partial charge in [-0.2, -0.15) is 0 Å². The second-order valence-electron chi connectivity index (χ2n) is 11.6. The highest BCUT2D eigenvalue weighted by Gasteiger charge is 2.16. The van der Waals surface area contributed by atoms with E-state index in [0.29, 0.717) is 12.8 Å². The van der Waals surface area contributed by atoms with Crippen molar-refractivity contribution < 1.29 is 24.2 Å². The molecule has 0 saturated carbocycles. The maximum atomic E-state index is 12.1. The first-order valence-corrected chi connectivity index (χ1v) is 17.4. The Morgan fingerprint density at radius 1 is 0.537 bits per heavy atom. The van der Waals surface area contributed by atoms with Gasteiger partial charge in [0.2, 0.25) is 0 Å². The molecule has 0 aromatic rings. The van der Waals surface area contributed by atoms with Gasteiger partial charge in [0, 0.05) is 12.8 Å². The van der Waals surface area contributed by atoms with Gasteiger partial charge in [0.05, 0.1) is 6.61 Å². The topological polar surface area (TPSA) is 72.8 Å². The summed E-state index contributed by atoms with van der Waals surface area (Å²) >= 11 is 0. The number of carbonyl (C=O) groups is 2. The Morgan fingerprint density at radius 3 is 1.34 bits per heavy atom. The van der Waals surface area contributed by atoms with Crippen LogP contribution in [0.4, 0.5) is 0 Å². The van der Waals surface area contributed by atoms with Crippen LogP contribution in [0.1, 0.15) is 174 Å². The van der Waals surface area contributed by atoms with Gasteiger partial charge in [-0.15, -0.1) is 0 Å². The number of rotatable bonds is 31. The third-order valence-electron chi connectivity index (χ3n) is 7.47. The first kappa shape index (κ1) is 39.4. The summed E-state index contributed by atoms with van der Waals surface area (Å²) in [6.45, 7) is 4.09. The smallest absolute Gasteiger partial charge is 0.306 e. The Bertz CT molecular complexity index is 627. The average Bonchev–Trinajstić information content (AvgIpc) is 2.97. The summed E-state index contributed by atoms with van der Waals surface area (Å²) < 4.78 is 10.5. The fourth-order valence-electron chi connectivity index (χ4n) is 4.78. The van der Waals surface area contributed by atoms with Crippen molar-refractivity contribution in [2.45, 2.75) is 180 Å². The molecular formula is C36H66O5. The van der Waals surface area contributed by atoms with Gasteiger partial charge in [0.1, 0.15) is 6.61 Å². The van der Waals surface area contributed by atoms with Gasteiger partial charge in [-0.05, 0) is 64.2 Å². The van der Waals surface area contributed by atoms with Crippen LogP contribution in [0.25, 0.3) is 0 Å². The van der Waals surface area contributed by atoms with Crippen LogP contribution in [-0.2, 0) is 19.1 Å². The Balaban J connectivity index is 3.60. The maximum absolute atomic E-state index is 12.1. The second-order valence-corrected chi connectivity index (χ2v) is 11.6. The fraction of sp³-hybridized carbons (Fsp3) is 0.833. The number of hydrogen-bond acceptors (Lipinski definition) is 5. The van der Waals surface area contributed by atoms with E-state index in [2.05, 4.69) is 38.2 Å². The lowest BCUT2D eigenvalue weighted by atomic mass is 10.1. The van der Waals surface area contributed by atoms with Crippen LogP contribution in [0.3, 0.4) is 0 Å². The maximum Gasteiger partial charge on any atom is 0.306 e. The largest absolute Gasteiger partial charge is 0.462 e. The molecule has 0 radical (unpaired) electrons. The van der Waals surface area contributed by atoms with E-state index >= 15 is 0 Å². The number of allylic oxidation sites excluding steroid dienone is 4. The highest BCUT2D eigenvalue weighted by molar-refractivity contribution is 5.70. The lowest BCUT2D eigenvalue weighted by molar-refractivity contribution is -0.161. The van der Waals surface area contributed by atoms with E-state index in [0.717, 1.165) is 51.4 Å². The lowest BCUT2D eigenvalue weighted by Gasteiger charge is -2.15. The van der Waals surface area contributed by atoms with Crippen LogP contribution in [0.15, 0.2) is 24.3 Å². The van der Waals surface area contributed by atoms with E-state index in [-0.39, 0.29) is 25.2 Å². The monoisotopic (exact) mass is 578 g/mol. The number of carbonyl (C=O) groups excluding carboxylic acids is 2. The third kappa shape index (κ3) is 31.2. The van der Waals surface area contributed by atoms with Gasteiger partial charge in [-0.3, -0.25) is 9.59 Å². The molecule has 240 valence electrons. The summed E-state index contributed by atoms with van der Waals surface area (Å²) in [4.78, 5) is 24.1. The van der Waals surface area contributed by atoms with E-state index < -0.39 is 6.10 Å². The SMILES string of the molecule is CCCCCC/C=C/CCCCCCCC(=O)OC[C@H](CO)OC(=O)CCCCCCC/C=C/CCCCCCC. The van der Waals surface area contributed by atoms with Crippen LogP contribution in [0.2, 0.25) is 0 Å². The first-order valence-electron chi connectivity index (χ1n) is 17.4. The van der Waals surface area contributed by atoms with Crippen LogP contribution in [0.5, 0.6) is 0 Å². The number of aliphatic hydroxyl groups excluding tert-OH is 1. The van der Waals surface area contributed by atoms with Crippen LogP contribution in [-0.4, -0.2) is 36.4 Å². The zero-order valence-electron chi connectivity index (χ0n) is 27.1. The summed E-state index contributed by atoms with van der Waals surface area (Å²) in [5.41, 5.74) is 0. The Kier molecular flexibility index (Phi) is 31.6. The highest BCUT2D eigenvalue weighted by atomic mass is 16.6. The van der Waals surface area contributed by atoms with E-state index in [1.165, 1.54) is 96.3 Å². The minimum absolute atomic E-state index is 0.0713. The minimum Gasteiger partial charge on any atom is -0.462 e. The second kappa shape index (κ2) is 32.9. The fourth-order valence-corrected chi connectivity index (χ4v) is 4.78. The van der Waals surface area contributed by atoms with Gasteiger partial charge in [-0.1, -0.05) is 122 Å². The summed E-state index contributed by atoms with van der Waals surface area (Å²) in [7, 11) is 0. The third-order valence-corrected chi connectivity index (χ3v) is 7.47. The summed E-state index contributed by atoms with van der Waals surface area (Å²) in [5.74, 6) is -0.611. The first-order chi connectivity index (χ1) is 20.1.